The lowest BCUT2D eigenvalue weighted by molar-refractivity contribution is -0.138. The van der Waals surface area contributed by atoms with Crippen molar-refractivity contribution in [3.8, 4) is 0 Å². The molecule has 1 aromatic heterocycles. The van der Waals surface area contributed by atoms with E-state index in [0.29, 0.717) is 47.7 Å². The molecular weight excluding hydrogens is 584 g/mol. The van der Waals surface area contributed by atoms with Crippen molar-refractivity contribution >= 4 is 43.6 Å². The monoisotopic (exact) mass is 620 g/mol. The van der Waals surface area contributed by atoms with Crippen LogP contribution in [0.25, 0.3) is 0 Å². The van der Waals surface area contributed by atoms with Gasteiger partial charge in [0.05, 0.1) is 10.1 Å². The number of carbonyl (C=O) groups excluding carboxylic acids is 2. The first kappa shape index (κ1) is 29.5. The van der Waals surface area contributed by atoms with Gasteiger partial charge in [-0.2, -0.15) is 0 Å². The number of hydrogen-bond donors (Lipinski definition) is 1. The average molecular weight is 622 g/mol. The number of piperidine rings is 2. The largest absolute Gasteiger partial charge is 0.444 e. The van der Waals surface area contributed by atoms with Gasteiger partial charge in [-0.1, -0.05) is 12.1 Å². The summed E-state index contributed by atoms with van der Waals surface area (Å²) in [6, 6.07) is 10.7. The molecule has 0 radical (unpaired) electrons. The number of anilines is 1. The number of amides is 2. The molecule has 0 spiro atoms. The number of aromatic nitrogens is 1. The normalized spacial score (nSPS) is 18.1. The number of sulfone groups is 1. The first-order chi connectivity index (χ1) is 18.4. The average Bonchev–Trinajstić information content (AvgIpc) is 2.88. The Morgan fingerprint density at radius 3 is 2.36 bits per heavy atom. The van der Waals surface area contributed by atoms with E-state index >= 15 is 0 Å². The molecule has 1 N–H and O–H groups in total. The molecule has 0 bridgehead atoms. The highest BCUT2D eigenvalue weighted by molar-refractivity contribution is 9.10. The highest BCUT2D eigenvalue weighted by atomic mass is 79.9. The molecule has 2 aromatic rings. The molecule has 9 nitrogen and oxygen atoms in total. The van der Waals surface area contributed by atoms with Crippen LogP contribution in [0.2, 0.25) is 0 Å². The summed E-state index contributed by atoms with van der Waals surface area (Å²) in [5, 5.41) is 2.20. The van der Waals surface area contributed by atoms with Crippen LogP contribution in [-0.2, 0) is 25.9 Å². The molecule has 2 amide bonds. The highest BCUT2D eigenvalue weighted by Gasteiger charge is 2.36. The minimum Gasteiger partial charge on any atom is -0.444 e. The van der Waals surface area contributed by atoms with Crippen molar-refractivity contribution in [3.63, 3.8) is 0 Å². The maximum Gasteiger partial charge on any atom is 0.413 e. The fraction of sp³-hybridized carbons (Fsp3) is 0.536. The number of halogens is 1. The zero-order valence-electron chi connectivity index (χ0n) is 22.7. The van der Waals surface area contributed by atoms with Crippen molar-refractivity contribution in [1.29, 1.82) is 0 Å². The maximum absolute atomic E-state index is 13.2. The van der Waals surface area contributed by atoms with E-state index < -0.39 is 26.8 Å². The fourth-order valence-electron chi connectivity index (χ4n) is 5.15. The number of likely N-dealkylation sites (tertiary alicyclic amines) is 2. The second-order valence-electron chi connectivity index (χ2n) is 11.2. The first-order valence-corrected chi connectivity index (χ1v) is 15.7. The number of pyridine rings is 1. The summed E-state index contributed by atoms with van der Waals surface area (Å²) in [5.41, 5.74) is 0.436. The SMILES string of the molecule is CC(C)(C)OC(=O)Nc1cc(CN2CCC(C(=O)N3CCC(S(=O)(=O)c4ccccc4Br)CC3)CC2)ccn1. The molecular formula is C28H37BrN4O5S. The molecule has 0 aliphatic carbocycles. The summed E-state index contributed by atoms with van der Waals surface area (Å²) in [7, 11) is -3.45. The zero-order valence-corrected chi connectivity index (χ0v) is 25.1. The number of nitrogens with one attached hydrogen (secondary N) is 1. The smallest absolute Gasteiger partial charge is 0.413 e. The van der Waals surface area contributed by atoms with E-state index in [4.69, 9.17) is 4.74 Å². The van der Waals surface area contributed by atoms with Crippen LogP contribution in [-0.4, -0.2) is 72.2 Å². The molecule has 0 saturated carbocycles. The standard InChI is InChI=1S/C28H37BrN4O5S/c1-28(2,3)38-27(35)31-25-18-20(8-13-30-25)19-32-14-9-21(10-15-32)26(34)33-16-11-22(12-17-33)39(36,37)24-7-5-4-6-23(24)29/h4-8,13,18,21-22H,9-12,14-17,19H2,1-3H3,(H,30,31,35). The number of hydrogen-bond acceptors (Lipinski definition) is 7. The van der Waals surface area contributed by atoms with Crippen LogP contribution in [0.1, 0.15) is 52.0 Å². The van der Waals surface area contributed by atoms with Gasteiger partial charge in [0.2, 0.25) is 5.91 Å². The minimum atomic E-state index is -3.45. The maximum atomic E-state index is 13.2. The zero-order chi connectivity index (χ0) is 28.2. The Hall–Kier alpha value is -2.50. The number of rotatable bonds is 6. The van der Waals surface area contributed by atoms with E-state index in [-0.39, 0.29) is 11.8 Å². The van der Waals surface area contributed by atoms with Crippen molar-refractivity contribution in [2.45, 2.75) is 68.7 Å². The number of carbonyl (C=O) groups is 2. The molecule has 2 saturated heterocycles. The van der Waals surface area contributed by atoms with Gasteiger partial charge in [-0.05, 0) is 105 Å². The van der Waals surface area contributed by atoms with Crippen molar-refractivity contribution in [3.05, 3.63) is 52.6 Å². The number of nitrogens with zero attached hydrogens (tertiary/aromatic N) is 3. The van der Waals surface area contributed by atoms with Crippen molar-refractivity contribution < 1.29 is 22.7 Å². The molecule has 11 heteroatoms. The van der Waals surface area contributed by atoms with Crippen LogP contribution in [0, 0.1) is 5.92 Å². The first-order valence-electron chi connectivity index (χ1n) is 13.4. The van der Waals surface area contributed by atoms with Gasteiger partial charge in [0, 0.05) is 36.2 Å². The van der Waals surface area contributed by atoms with Gasteiger partial charge < -0.3 is 9.64 Å². The molecule has 2 fully saturated rings. The lowest BCUT2D eigenvalue weighted by Gasteiger charge is -2.37. The quantitative estimate of drug-likeness (QED) is 0.491. The van der Waals surface area contributed by atoms with Crippen LogP contribution >= 0.6 is 15.9 Å². The molecule has 0 unspecified atom stereocenters. The van der Waals surface area contributed by atoms with Crippen LogP contribution in [0.5, 0.6) is 0 Å². The van der Waals surface area contributed by atoms with Crippen LogP contribution in [0.15, 0.2) is 52.0 Å². The third-order valence-corrected chi connectivity index (χ3v) is 10.4. The molecule has 2 aliphatic rings. The summed E-state index contributed by atoms with van der Waals surface area (Å²) in [6.07, 6.45) is 3.57. The molecule has 2 aliphatic heterocycles. The van der Waals surface area contributed by atoms with Gasteiger partial charge in [0.1, 0.15) is 11.4 Å². The van der Waals surface area contributed by atoms with Crippen molar-refractivity contribution in [2.24, 2.45) is 5.92 Å². The van der Waals surface area contributed by atoms with E-state index in [1.54, 1.807) is 30.5 Å². The number of ether oxygens (including phenoxy) is 1. The van der Waals surface area contributed by atoms with E-state index in [0.717, 1.165) is 31.5 Å². The lowest BCUT2D eigenvalue weighted by Crippen LogP contribution is -2.47. The number of benzene rings is 1. The molecule has 4 rings (SSSR count). The summed E-state index contributed by atoms with van der Waals surface area (Å²) in [6.45, 7) is 8.65. The highest BCUT2D eigenvalue weighted by Crippen LogP contribution is 2.31. The van der Waals surface area contributed by atoms with Crippen LogP contribution in [0.4, 0.5) is 10.6 Å². The van der Waals surface area contributed by atoms with Gasteiger partial charge in [0.25, 0.3) is 0 Å². The van der Waals surface area contributed by atoms with Gasteiger partial charge in [-0.25, -0.2) is 18.2 Å². The van der Waals surface area contributed by atoms with E-state index in [9.17, 15) is 18.0 Å². The third-order valence-electron chi connectivity index (χ3n) is 7.13. The van der Waals surface area contributed by atoms with Crippen molar-refractivity contribution in [1.82, 2.24) is 14.8 Å². The van der Waals surface area contributed by atoms with E-state index in [1.165, 1.54) is 0 Å². The summed E-state index contributed by atoms with van der Waals surface area (Å²) < 4.78 is 32.1. The Morgan fingerprint density at radius 1 is 1.05 bits per heavy atom. The summed E-state index contributed by atoms with van der Waals surface area (Å²) >= 11 is 3.36. The van der Waals surface area contributed by atoms with Crippen LogP contribution < -0.4 is 5.32 Å². The fourth-order valence-corrected chi connectivity index (χ4v) is 7.91. The molecule has 0 atom stereocenters. The van der Waals surface area contributed by atoms with Gasteiger partial charge in [-0.15, -0.1) is 0 Å². The second kappa shape index (κ2) is 12.3. The Bertz CT molecular complexity index is 1280. The molecule has 3 heterocycles. The Balaban J connectivity index is 1.24. The molecule has 212 valence electrons. The molecule has 1 aromatic carbocycles. The molecule has 39 heavy (non-hydrogen) atoms. The Kier molecular flexibility index (Phi) is 9.33. The predicted octanol–water partition coefficient (Wildman–Crippen LogP) is 4.87. The van der Waals surface area contributed by atoms with Gasteiger partial charge in [-0.3, -0.25) is 15.0 Å². The van der Waals surface area contributed by atoms with E-state index in [2.05, 4.69) is 31.1 Å². The Morgan fingerprint density at radius 2 is 1.72 bits per heavy atom. The van der Waals surface area contributed by atoms with E-state index in [1.807, 2.05) is 37.8 Å². The lowest BCUT2D eigenvalue weighted by atomic mass is 9.94. The van der Waals surface area contributed by atoms with Gasteiger partial charge >= 0.3 is 6.09 Å². The Labute approximate surface area is 239 Å². The predicted molar refractivity (Wildman–Crippen MR) is 153 cm³/mol. The third kappa shape index (κ3) is 7.79. The van der Waals surface area contributed by atoms with Gasteiger partial charge in [0.15, 0.2) is 9.84 Å². The topological polar surface area (TPSA) is 109 Å². The summed E-state index contributed by atoms with van der Waals surface area (Å²) in [5.74, 6) is 0.538. The summed E-state index contributed by atoms with van der Waals surface area (Å²) in [4.78, 5) is 34.0. The van der Waals surface area contributed by atoms with Crippen molar-refractivity contribution in [2.75, 3.05) is 31.5 Å². The minimum absolute atomic E-state index is 0.0421. The second-order valence-corrected chi connectivity index (χ2v) is 14.3. The van der Waals surface area contributed by atoms with Crippen LogP contribution in [0.3, 0.4) is 0 Å².